The Labute approximate surface area is 92.3 Å². The zero-order chi connectivity index (χ0) is 11.4. The number of methoxy groups -OCH3 is 1. The summed E-state index contributed by atoms with van der Waals surface area (Å²) in [7, 11) is 1.57. The Balaban J connectivity index is 2.39. The van der Waals surface area contributed by atoms with Crippen molar-refractivity contribution < 1.29 is 9.26 Å². The minimum atomic E-state index is 0.138. The highest BCUT2D eigenvalue weighted by atomic mass is 16.5. The van der Waals surface area contributed by atoms with Crippen LogP contribution in [-0.4, -0.2) is 17.3 Å². The van der Waals surface area contributed by atoms with Crippen molar-refractivity contribution in [3.63, 3.8) is 0 Å². The first-order chi connectivity index (χ1) is 7.85. The molecule has 0 radical (unpaired) electrons. The van der Waals surface area contributed by atoms with Crippen LogP contribution in [0.2, 0.25) is 0 Å². The van der Waals surface area contributed by atoms with Crippen molar-refractivity contribution in [1.29, 1.82) is 5.26 Å². The number of hydrogen-bond donors (Lipinski definition) is 0. The lowest BCUT2D eigenvalue weighted by Crippen LogP contribution is -1.88. The number of rotatable bonds is 3. The summed E-state index contributed by atoms with van der Waals surface area (Å²) in [5.74, 6) is 1.40. The average Bonchev–Trinajstić information content (AvgIpc) is 2.78. The van der Waals surface area contributed by atoms with Crippen LogP contribution in [0.3, 0.4) is 0 Å². The average molecular weight is 215 g/mol. The van der Waals surface area contributed by atoms with E-state index in [0.717, 1.165) is 5.56 Å². The van der Waals surface area contributed by atoms with Gasteiger partial charge in [-0.3, -0.25) is 0 Å². The molecule has 0 aliphatic carbocycles. The zero-order valence-electron chi connectivity index (χ0n) is 8.67. The summed E-state index contributed by atoms with van der Waals surface area (Å²) in [5.41, 5.74) is 0.724. The van der Waals surface area contributed by atoms with E-state index in [1.807, 2.05) is 30.3 Å². The van der Waals surface area contributed by atoms with Gasteiger partial charge in [-0.15, -0.1) is 0 Å². The summed E-state index contributed by atoms with van der Waals surface area (Å²) >= 11 is 0. The molecule has 0 fully saturated rings. The highest BCUT2D eigenvalue weighted by molar-refractivity contribution is 5.62. The second-order valence-corrected chi connectivity index (χ2v) is 3.05. The molecular weight excluding hydrogens is 206 g/mol. The van der Waals surface area contributed by atoms with Crippen LogP contribution < -0.4 is 4.74 Å². The molecule has 0 aliphatic heterocycles. The van der Waals surface area contributed by atoms with Gasteiger partial charge in [-0.25, -0.2) is 0 Å². The first-order valence-electron chi connectivity index (χ1n) is 4.68. The lowest BCUT2D eigenvalue weighted by molar-refractivity contribution is 0.403. The molecule has 0 aliphatic rings. The number of benzene rings is 1. The molecule has 0 bridgehead atoms. The Bertz CT molecular complexity index is 528. The van der Waals surface area contributed by atoms with Crippen molar-refractivity contribution in [1.82, 2.24) is 10.1 Å². The second-order valence-electron chi connectivity index (χ2n) is 3.05. The smallest absolute Gasteiger partial charge is 0.261 e. The third-order valence-electron chi connectivity index (χ3n) is 2.04. The normalized spacial score (nSPS) is 9.75. The molecule has 1 aromatic carbocycles. The van der Waals surface area contributed by atoms with Crippen LogP contribution in [0.1, 0.15) is 5.82 Å². The van der Waals surface area contributed by atoms with Crippen molar-refractivity contribution in [2.24, 2.45) is 0 Å². The summed E-state index contributed by atoms with van der Waals surface area (Å²) in [4.78, 5) is 4.10. The lowest BCUT2D eigenvalue weighted by atomic mass is 10.2. The molecule has 0 spiro atoms. The Morgan fingerprint density at radius 2 is 2.25 bits per heavy atom. The van der Waals surface area contributed by atoms with E-state index in [9.17, 15) is 0 Å². The first-order valence-corrected chi connectivity index (χ1v) is 4.68. The topological polar surface area (TPSA) is 71.9 Å². The van der Waals surface area contributed by atoms with E-state index in [-0.39, 0.29) is 6.42 Å². The maximum Gasteiger partial charge on any atom is 0.261 e. The molecule has 0 N–H and O–H groups in total. The summed E-state index contributed by atoms with van der Waals surface area (Å²) in [6.07, 6.45) is 0.138. The fourth-order valence-electron chi connectivity index (χ4n) is 1.33. The fourth-order valence-corrected chi connectivity index (χ4v) is 1.33. The van der Waals surface area contributed by atoms with Crippen LogP contribution in [0.15, 0.2) is 28.8 Å². The van der Waals surface area contributed by atoms with Crippen molar-refractivity contribution in [3.8, 4) is 23.3 Å². The van der Waals surface area contributed by atoms with E-state index in [1.165, 1.54) is 0 Å². The monoisotopic (exact) mass is 215 g/mol. The zero-order valence-corrected chi connectivity index (χ0v) is 8.67. The highest BCUT2D eigenvalue weighted by Crippen LogP contribution is 2.27. The number of hydrogen-bond acceptors (Lipinski definition) is 5. The molecule has 0 saturated carbocycles. The van der Waals surface area contributed by atoms with Crippen LogP contribution >= 0.6 is 0 Å². The van der Waals surface area contributed by atoms with Crippen LogP contribution in [0.5, 0.6) is 5.75 Å². The highest BCUT2D eigenvalue weighted by Gasteiger charge is 2.12. The van der Waals surface area contributed by atoms with Crippen LogP contribution in [0.4, 0.5) is 0 Å². The number of aromatic nitrogens is 2. The molecule has 2 aromatic rings. The Kier molecular flexibility index (Phi) is 2.83. The third kappa shape index (κ3) is 1.86. The van der Waals surface area contributed by atoms with Gasteiger partial charge in [0.25, 0.3) is 5.89 Å². The van der Waals surface area contributed by atoms with Gasteiger partial charge in [0.15, 0.2) is 5.82 Å². The van der Waals surface area contributed by atoms with Gasteiger partial charge in [-0.1, -0.05) is 17.3 Å². The maximum absolute atomic E-state index is 8.50. The molecule has 0 saturated heterocycles. The SMILES string of the molecule is COc1ccccc1-c1nc(CC#N)no1. The molecule has 5 nitrogen and oxygen atoms in total. The number of ether oxygens (including phenoxy) is 1. The molecule has 5 heteroatoms. The summed E-state index contributed by atoms with van der Waals surface area (Å²) in [5, 5.41) is 12.2. The number of nitrogens with zero attached hydrogens (tertiary/aromatic N) is 3. The largest absolute Gasteiger partial charge is 0.496 e. The lowest BCUT2D eigenvalue weighted by Gasteiger charge is -2.02. The second kappa shape index (κ2) is 4.45. The van der Waals surface area contributed by atoms with Crippen molar-refractivity contribution in [3.05, 3.63) is 30.1 Å². The Hall–Kier alpha value is -2.35. The molecule has 0 atom stereocenters. The van der Waals surface area contributed by atoms with Crippen LogP contribution in [0, 0.1) is 11.3 Å². The van der Waals surface area contributed by atoms with E-state index in [4.69, 9.17) is 14.5 Å². The minimum absolute atomic E-state index is 0.138. The van der Waals surface area contributed by atoms with Gasteiger partial charge in [0.1, 0.15) is 5.75 Å². The Morgan fingerprint density at radius 3 is 3.00 bits per heavy atom. The van der Waals surface area contributed by atoms with Crippen LogP contribution in [0.25, 0.3) is 11.5 Å². The van der Waals surface area contributed by atoms with E-state index in [1.54, 1.807) is 7.11 Å². The molecule has 2 rings (SSSR count). The predicted octanol–water partition coefficient (Wildman–Crippen LogP) is 1.81. The maximum atomic E-state index is 8.50. The van der Waals surface area contributed by atoms with Gasteiger partial charge in [-0.2, -0.15) is 10.2 Å². The van der Waals surface area contributed by atoms with Crippen molar-refractivity contribution in [2.45, 2.75) is 6.42 Å². The summed E-state index contributed by atoms with van der Waals surface area (Å²) < 4.78 is 10.2. The summed E-state index contributed by atoms with van der Waals surface area (Å²) in [6, 6.07) is 9.30. The molecule has 0 amide bonds. The van der Waals surface area contributed by atoms with Gasteiger partial charge >= 0.3 is 0 Å². The summed E-state index contributed by atoms with van der Waals surface area (Å²) in [6.45, 7) is 0. The van der Waals surface area contributed by atoms with Gasteiger partial charge in [-0.05, 0) is 12.1 Å². The van der Waals surface area contributed by atoms with Gasteiger partial charge in [0.2, 0.25) is 0 Å². The molecule has 1 aromatic heterocycles. The van der Waals surface area contributed by atoms with Crippen molar-refractivity contribution >= 4 is 0 Å². The van der Waals surface area contributed by atoms with Crippen LogP contribution in [-0.2, 0) is 6.42 Å². The van der Waals surface area contributed by atoms with Crippen molar-refractivity contribution in [2.75, 3.05) is 7.11 Å². The van der Waals surface area contributed by atoms with Gasteiger partial charge < -0.3 is 9.26 Å². The van der Waals surface area contributed by atoms with Gasteiger partial charge in [0.05, 0.1) is 25.2 Å². The standard InChI is InChI=1S/C11H9N3O2/c1-15-9-5-3-2-4-8(9)11-13-10(6-7-12)14-16-11/h2-5H,6H2,1H3. The van der Waals surface area contributed by atoms with Gasteiger partial charge in [0, 0.05) is 0 Å². The molecule has 0 unspecified atom stereocenters. The molecular formula is C11H9N3O2. The quantitative estimate of drug-likeness (QED) is 0.780. The van der Waals surface area contributed by atoms with E-state index in [2.05, 4.69) is 10.1 Å². The minimum Gasteiger partial charge on any atom is -0.496 e. The number of nitriles is 1. The van der Waals surface area contributed by atoms with E-state index >= 15 is 0 Å². The first kappa shape index (κ1) is 10.2. The third-order valence-corrected chi connectivity index (χ3v) is 2.04. The molecule has 80 valence electrons. The number of para-hydroxylation sites is 1. The Morgan fingerprint density at radius 1 is 1.44 bits per heavy atom. The predicted molar refractivity (Wildman–Crippen MR) is 55.6 cm³/mol. The molecule has 1 heterocycles. The van der Waals surface area contributed by atoms with E-state index in [0.29, 0.717) is 17.5 Å². The van der Waals surface area contributed by atoms with E-state index < -0.39 is 0 Å². The molecule has 16 heavy (non-hydrogen) atoms. The fraction of sp³-hybridized carbons (Fsp3) is 0.182.